The monoisotopic (exact) mass is 328 g/mol. The van der Waals surface area contributed by atoms with Gasteiger partial charge >= 0.3 is 0 Å². The van der Waals surface area contributed by atoms with E-state index in [1.165, 1.54) is 0 Å². The molecule has 0 heterocycles. The van der Waals surface area contributed by atoms with Gasteiger partial charge in [0.25, 0.3) is 0 Å². The molecule has 0 bridgehead atoms. The Balaban J connectivity index is 2.19. The molecule has 22 heavy (non-hydrogen) atoms. The maximum Gasteiger partial charge on any atom is 0.119 e. The Kier molecular flexibility index (Phi) is 4.37. The van der Waals surface area contributed by atoms with Crippen molar-refractivity contribution in [3.63, 3.8) is 0 Å². The fourth-order valence-electron chi connectivity index (χ4n) is 2.43. The van der Waals surface area contributed by atoms with Crippen LogP contribution >= 0.6 is 23.2 Å². The van der Waals surface area contributed by atoms with E-state index >= 15 is 0 Å². The van der Waals surface area contributed by atoms with Gasteiger partial charge in [0.05, 0.1) is 7.11 Å². The molecule has 0 atom stereocenters. The summed E-state index contributed by atoms with van der Waals surface area (Å²) >= 11 is 12.1. The van der Waals surface area contributed by atoms with Crippen molar-refractivity contribution in [2.75, 3.05) is 7.11 Å². The Morgan fingerprint density at radius 1 is 0.682 bits per heavy atom. The molecule has 0 aliphatic heterocycles. The van der Waals surface area contributed by atoms with E-state index in [0.717, 1.165) is 38.0 Å². The van der Waals surface area contributed by atoms with Crippen molar-refractivity contribution in [2.45, 2.75) is 0 Å². The molecule has 0 saturated carbocycles. The van der Waals surface area contributed by atoms with Crippen LogP contribution in [-0.4, -0.2) is 7.11 Å². The van der Waals surface area contributed by atoms with Gasteiger partial charge in [0.1, 0.15) is 5.75 Å². The fourth-order valence-corrected chi connectivity index (χ4v) is 2.74. The van der Waals surface area contributed by atoms with Gasteiger partial charge in [-0.15, -0.1) is 0 Å². The van der Waals surface area contributed by atoms with Crippen LogP contribution in [0.15, 0.2) is 66.7 Å². The van der Waals surface area contributed by atoms with Gasteiger partial charge < -0.3 is 4.74 Å². The molecule has 0 radical (unpaired) electrons. The average molecular weight is 329 g/mol. The highest BCUT2D eigenvalue weighted by Crippen LogP contribution is 2.36. The number of rotatable bonds is 3. The van der Waals surface area contributed by atoms with Gasteiger partial charge in [-0.2, -0.15) is 0 Å². The van der Waals surface area contributed by atoms with E-state index < -0.39 is 0 Å². The zero-order chi connectivity index (χ0) is 15.5. The Labute approximate surface area is 140 Å². The summed E-state index contributed by atoms with van der Waals surface area (Å²) in [5.74, 6) is 0.815. The van der Waals surface area contributed by atoms with Crippen LogP contribution < -0.4 is 4.74 Å². The van der Waals surface area contributed by atoms with Crippen molar-refractivity contribution < 1.29 is 4.74 Å². The lowest BCUT2D eigenvalue weighted by Crippen LogP contribution is -1.89. The van der Waals surface area contributed by atoms with Gasteiger partial charge in [0, 0.05) is 10.0 Å². The van der Waals surface area contributed by atoms with E-state index in [4.69, 9.17) is 27.9 Å². The van der Waals surface area contributed by atoms with Crippen LogP contribution in [0.5, 0.6) is 5.75 Å². The zero-order valence-electron chi connectivity index (χ0n) is 12.0. The molecule has 0 aliphatic carbocycles. The Morgan fingerprint density at radius 3 is 2.14 bits per heavy atom. The van der Waals surface area contributed by atoms with Crippen LogP contribution in [0.25, 0.3) is 22.3 Å². The van der Waals surface area contributed by atoms with Crippen molar-refractivity contribution in [3.05, 3.63) is 76.8 Å². The van der Waals surface area contributed by atoms with Crippen LogP contribution in [0, 0.1) is 0 Å². The van der Waals surface area contributed by atoms with Crippen LogP contribution in [0.3, 0.4) is 0 Å². The minimum atomic E-state index is 0.718. The minimum Gasteiger partial charge on any atom is -0.497 e. The highest BCUT2D eigenvalue weighted by atomic mass is 35.5. The summed E-state index contributed by atoms with van der Waals surface area (Å²) in [6.07, 6.45) is 0. The van der Waals surface area contributed by atoms with Crippen LogP contribution in [0.1, 0.15) is 0 Å². The molecule has 0 amide bonds. The van der Waals surface area contributed by atoms with Crippen molar-refractivity contribution in [1.82, 2.24) is 0 Å². The molecule has 0 spiro atoms. The second kappa shape index (κ2) is 6.43. The minimum absolute atomic E-state index is 0.718. The quantitative estimate of drug-likeness (QED) is 0.545. The van der Waals surface area contributed by atoms with Gasteiger partial charge in [0.15, 0.2) is 0 Å². The number of hydrogen-bond donors (Lipinski definition) is 0. The van der Waals surface area contributed by atoms with Crippen LogP contribution in [-0.2, 0) is 0 Å². The Bertz CT molecular complexity index is 795. The third-order valence-electron chi connectivity index (χ3n) is 3.52. The Morgan fingerprint density at radius 2 is 1.45 bits per heavy atom. The molecule has 3 rings (SSSR count). The standard InChI is InChI=1S/C19H14Cl2O/c1-22-17-9-10-18(14-3-2-4-16(21)11-14)19(12-17)13-5-7-15(20)8-6-13/h2-12H,1H3. The van der Waals surface area contributed by atoms with Crippen molar-refractivity contribution in [3.8, 4) is 28.0 Å². The summed E-state index contributed by atoms with van der Waals surface area (Å²) in [7, 11) is 1.67. The molecular weight excluding hydrogens is 315 g/mol. The molecule has 0 N–H and O–H groups in total. The Hall–Kier alpha value is -1.96. The predicted molar refractivity (Wildman–Crippen MR) is 93.9 cm³/mol. The van der Waals surface area contributed by atoms with Gasteiger partial charge in [-0.25, -0.2) is 0 Å². The summed E-state index contributed by atoms with van der Waals surface area (Å²) in [5, 5.41) is 1.44. The summed E-state index contributed by atoms with van der Waals surface area (Å²) in [4.78, 5) is 0. The summed E-state index contributed by atoms with van der Waals surface area (Å²) in [6.45, 7) is 0. The highest BCUT2D eigenvalue weighted by Gasteiger charge is 2.09. The molecule has 0 unspecified atom stereocenters. The smallest absolute Gasteiger partial charge is 0.119 e. The van der Waals surface area contributed by atoms with Crippen molar-refractivity contribution >= 4 is 23.2 Å². The molecule has 0 aromatic heterocycles. The second-order valence-electron chi connectivity index (χ2n) is 4.93. The number of benzene rings is 3. The summed E-state index contributed by atoms with van der Waals surface area (Å²) < 4.78 is 5.36. The SMILES string of the molecule is COc1ccc(-c2cccc(Cl)c2)c(-c2ccc(Cl)cc2)c1. The third-order valence-corrected chi connectivity index (χ3v) is 4.00. The van der Waals surface area contributed by atoms with Gasteiger partial charge in [-0.05, 0) is 58.7 Å². The topological polar surface area (TPSA) is 9.23 Å². The zero-order valence-corrected chi connectivity index (χ0v) is 13.5. The molecule has 1 nitrogen and oxygen atoms in total. The van der Waals surface area contributed by atoms with Crippen LogP contribution in [0.4, 0.5) is 0 Å². The number of hydrogen-bond acceptors (Lipinski definition) is 1. The lowest BCUT2D eigenvalue weighted by molar-refractivity contribution is 0.415. The van der Waals surface area contributed by atoms with Crippen molar-refractivity contribution in [1.29, 1.82) is 0 Å². The first-order chi connectivity index (χ1) is 10.7. The molecule has 110 valence electrons. The van der Waals surface area contributed by atoms with Gasteiger partial charge in [0.2, 0.25) is 0 Å². The highest BCUT2D eigenvalue weighted by molar-refractivity contribution is 6.31. The first-order valence-corrected chi connectivity index (χ1v) is 7.63. The molecular formula is C19H14Cl2O. The van der Waals surface area contributed by atoms with Gasteiger partial charge in [-0.1, -0.05) is 53.5 Å². The summed E-state index contributed by atoms with van der Waals surface area (Å²) in [6, 6.07) is 21.6. The molecule has 3 heteroatoms. The summed E-state index contributed by atoms with van der Waals surface area (Å²) in [5.41, 5.74) is 4.34. The average Bonchev–Trinajstić information content (AvgIpc) is 2.55. The van der Waals surface area contributed by atoms with E-state index in [1.54, 1.807) is 7.11 Å². The first-order valence-electron chi connectivity index (χ1n) is 6.87. The first kappa shape index (κ1) is 15.0. The molecule has 0 fully saturated rings. The maximum atomic E-state index is 6.13. The predicted octanol–water partition coefficient (Wildman–Crippen LogP) is 6.34. The van der Waals surface area contributed by atoms with E-state index in [1.807, 2.05) is 60.7 Å². The normalized spacial score (nSPS) is 10.5. The number of methoxy groups -OCH3 is 1. The van der Waals surface area contributed by atoms with Crippen LogP contribution in [0.2, 0.25) is 10.0 Å². The molecule has 0 aliphatic rings. The number of ether oxygens (including phenoxy) is 1. The molecule has 0 saturated heterocycles. The van der Waals surface area contributed by atoms with Crippen molar-refractivity contribution in [2.24, 2.45) is 0 Å². The lowest BCUT2D eigenvalue weighted by atomic mass is 9.94. The van der Waals surface area contributed by atoms with Gasteiger partial charge in [-0.3, -0.25) is 0 Å². The number of halogens is 2. The van der Waals surface area contributed by atoms with E-state index in [0.29, 0.717) is 0 Å². The molecule has 3 aromatic rings. The maximum absolute atomic E-state index is 6.13. The second-order valence-corrected chi connectivity index (χ2v) is 5.80. The largest absolute Gasteiger partial charge is 0.497 e. The van der Waals surface area contributed by atoms with E-state index in [-0.39, 0.29) is 0 Å². The molecule has 3 aromatic carbocycles. The lowest BCUT2D eigenvalue weighted by Gasteiger charge is -2.12. The van der Waals surface area contributed by atoms with E-state index in [9.17, 15) is 0 Å². The third kappa shape index (κ3) is 3.11. The fraction of sp³-hybridized carbons (Fsp3) is 0.0526. The van der Waals surface area contributed by atoms with E-state index in [2.05, 4.69) is 6.07 Å².